The average Bonchev–Trinajstić information content (AvgIpc) is 2.42. The first-order valence-electron chi connectivity index (χ1n) is 6.92. The Morgan fingerprint density at radius 2 is 1.94 bits per heavy atom. The van der Waals surface area contributed by atoms with Gasteiger partial charge in [0.25, 0.3) is 0 Å². The number of nitrogens with one attached hydrogen (secondary N) is 1. The molecule has 92 valence electrons. The summed E-state index contributed by atoms with van der Waals surface area (Å²) in [5, 5.41) is 2.42. The second-order valence-electron chi connectivity index (χ2n) is 5.48. The average molecular weight is 230 g/mol. The summed E-state index contributed by atoms with van der Waals surface area (Å²) in [7, 11) is 0. The Morgan fingerprint density at radius 1 is 1.24 bits per heavy atom. The summed E-state index contributed by atoms with van der Waals surface area (Å²) in [6, 6.07) is 11.8. The van der Waals surface area contributed by atoms with Crippen molar-refractivity contribution < 1.29 is 0 Å². The van der Waals surface area contributed by atoms with E-state index in [4.69, 9.17) is 0 Å². The largest absolute Gasteiger partial charge is 0.251 e. The zero-order valence-electron chi connectivity index (χ0n) is 10.7. The van der Waals surface area contributed by atoms with Crippen LogP contribution in [0.4, 0.5) is 0 Å². The minimum absolute atomic E-state index is 0.395. The van der Waals surface area contributed by atoms with Crippen molar-refractivity contribution in [3.63, 3.8) is 0 Å². The lowest BCUT2D eigenvalue weighted by atomic mass is 9.65. The van der Waals surface area contributed by atoms with Gasteiger partial charge >= 0.3 is 0 Å². The van der Waals surface area contributed by atoms with Crippen molar-refractivity contribution in [2.45, 2.75) is 44.1 Å². The lowest BCUT2D eigenvalue weighted by Gasteiger charge is -2.54. The van der Waals surface area contributed by atoms with Gasteiger partial charge in [-0.2, -0.15) is 0 Å². The summed E-state index contributed by atoms with van der Waals surface area (Å²) in [6.07, 6.45) is 5.18. The van der Waals surface area contributed by atoms with Crippen molar-refractivity contribution in [2.24, 2.45) is 0 Å². The molecule has 0 radical (unpaired) electrons. The van der Waals surface area contributed by atoms with Crippen LogP contribution < -0.4 is 5.43 Å². The number of fused-ring (bicyclic) bond motifs is 3. The molecule has 0 amide bonds. The SMILES string of the molecule is CCCC1NN2CCC1(c1ccccc1)CC2. The number of piperidine rings is 1. The molecule has 3 aliphatic heterocycles. The second-order valence-corrected chi connectivity index (χ2v) is 5.48. The maximum atomic E-state index is 3.73. The molecule has 0 aromatic heterocycles. The fourth-order valence-corrected chi connectivity index (χ4v) is 3.62. The molecule has 1 unspecified atom stereocenters. The molecule has 2 bridgehead atoms. The highest BCUT2D eigenvalue weighted by Gasteiger charge is 2.47. The van der Waals surface area contributed by atoms with Crippen LogP contribution in [0.25, 0.3) is 0 Å². The van der Waals surface area contributed by atoms with E-state index in [0.717, 1.165) is 0 Å². The highest BCUT2D eigenvalue weighted by molar-refractivity contribution is 5.30. The van der Waals surface area contributed by atoms with E-state index in [2.05, 4.69) is 47.7 Å². The van der Waals surface area contributed by atoms with Crippen LogP contribution in [0, 0.1) is 0 Å². The van der Waals surface area contributed by atoms with E-state index in [0.29, 0.717) is 11.5 Å². The van der Waals surface area contributed by atoms with Gasteiger partial charge in [0.05, 0.1) is 0 Å². The van der Waals surface area contributed by atoms with E-state index in [9.17, 15) is 0 Å². The maximum absolute atomic E-state index is 3.73. The van der Waals surface area contributed by atoms with Gasteiger partial charge in [0, 0.05) is 24.5 Å². The van der Waals surface area contributed by atoms with Gasteiger partial charge in [-0.3, -0.25) is 5.43 Å². The monoisotopic (exact) mass is 230 g/mol. The van der Waals surface area contributed by atoms with Crippen molar-refractivity contribution in [1.82, 2.24) is 10.4 Å². The Labute approximate surface area is 104 Å². The molecule has 1 atom stereocenters. The van der Waals surface area contributed by atoms with E-state index in [-0.39, 0.29) is 0 Å². The first-order valence-corrected chi connectivity index (χ1v) is 6.92. The summed E-state index contributed by atoms with van der Waals surface area (Å²) in [6.45, 7) is 4.70. The molecular weight excluding hydrogens is 208 g/mol. The molecule has 17 heavy (non-hydrogen) atoms. The van der Waals surface area contributed by atoms with Gasteiger partial charge in [-0.15, -0.1) is 0 Å². The molecule has 2 heteroatoms. The third kappa shape index (κ3) is 1.80. The topological polar surface area (TPSA) is 15.3 Å². The highest BCUT2D eigenvalue weighted by Crippen LogP contribution is 2.43. The number of hydrogen-bond donors (Lipinski definition) is 1. The molecule has 1 N–H and O–H groups in total. The molecule has 1 aromatic rings. The molecule has 3 fully saturated rings. The molecule has 3 aliphatic rings. The lowest BCUT2D eigenvalue weighted by Crippen LogP contribution is -2.66. The Morgan fingerprint density at radius 3 is 2.59 bits per heavy atom. The minimum Gasteiger partial charge on any atom is -0.251 e. The van der Waals surface area contributed by atoms with Crippen molar-refractivity contribution in [3.8, 4) is 0 Å². The number of hydrogen-bond acceptors (Lipinski definition) is 2. The van der Waals surface area contributed by atoms with Gasteiger partial charge in [0.1, 0.15) is 0 Å². The van der Waals surface area contributed by atoms with Crippen LogP contribution in [0.3, 0.4) is 0 Å². The van der Waals surface area contributed by atoms with Gasteiger partial charge in [0.15, 0.2) is 0 Å². The summed E-state index contributed by atoms with van der Waals surface area (Å²) >= 11 is 0. The Bertz CT molecular complexity index is 366. The molecule has 4 rings (SSSR count). The Hall–Kier alpha value is -0.860. The highest BCUT2D eigenvalue weighted by atomic mass is 15.5. The zero-order chi connectivity index (χ0) is 11.7. The van der Waals surface area contributed by atoms with E-state index in [1.165, 1.54) is 38.8 Å². The third-order valence-electron chi connectivity index (χ3n) is 4.59. The third-order valence-corrected chi connectivity index (χ3v) is 4.59. The van der Waals surface area contributed by atoms with Crippen LogP contribution in [0.1, 0.15) is 38.2 Å². The summed E-state index contributed by atoms with van der Waals surface area (Å²) in [5.41, 5.74) is 5.67. The van der Waals surface area contributed by atoms with Gasteiger partial charge in [-0.1, -0.05) is 43.7 Å². The summed E-state index contributed by atoms with van der Waals surface area (Å²) in [4.78, 5) is 0. The first-order chi connectivity index (χ1) is 8.35. The molecule has 0 aliphatic carbocycles. The number of nitrogens with zero attached hydrogens (tertiary/aromatic N) is 1. The Balaban J connectivity index is 1.96. The fourth-order valence-electron chi connectivity index (χ4n) is 3.62. The van der Waals surface area contributed by atoms with Crippen LogP contribution in [0.15, 0.2) is 30.3 Å². The van der Waals surface area contributed by atoms with Crippen LogP contribution in [-0.4, -0.2) is 24.1 Å². The van der Waals surface area contributed by atoms with Crippen molar-refractivity contribution in [3.05, 3.63) is 35.9 Å². The number of rotatable bonds is 3. The van der Waals surface area contributed by atoms with Crippen LogP contribution in [0.2, 0.25) is 0 Å². The standard InChI is InChI=1S/C15H22N2/c1-2-6-14-15(13-7-4-3-5-8-13)9-11-17(16-14)12-10-15/h3-5,7-8,14,16H,2,6,9-12H2,1H3. The fraction of sp³-hybridized carbons (Fsp3) is 0.600. The lowest BCUT2D eigenvalue weighted by molar-refractivity contribution is -0.0146. The summed E-state index contributed by atoms with van der Waals surface area (Å²) in [5.74, 6) is 0. The van der Waals surface area contributed by atoms with Crippen LogP contribution in [0.5, 0.6) is 0 Å². The molecule has 1 aromatic carbocycles. The number of benzene rings is 1. The van der Waals surface area contributed by atoms with Gasteiger partial charge in [-0.25, -0.2) is 5.01 Å². The second kappa shape index (κ2) is 4.43. The quantitative estimate of drug-likeness (QED) is 0.859. The molecule has 3 saturated heterocycles. The molecular formula is C15H22N2. The molecule has 3 heterocycles. The molecule has 0 spiro atoms. The van der Waals surface area contributed by atoms with Crippen molar-refractivity contribution >= 4 is 0 Å². The molecule has 2 nitrogen and oxygen atoms in total. The van der Waals surface area contributed by atoms with E-state index in [1.54, 1.807) is 5.56 Å². The van der Waals surface area contributed by atoms with E-state index in [1.807, 2.05) is 0 Å². The van der Waals surface area contributed by atoms with Crippen LogP contribution in [-0.2, 0) is 5.41 Å². The molecule has 0 saturated carbocycles. The maximum Gasteiger partial charge on any atom is 0.0313 e. The first kappa shape index (κ1) is 11.2. The van der Waals surface area contributed by atoms with Crippen molar-refractivity contribution in [1.29, 1.82) is 0 Å². The Kier molecular flexibility index (Phi) is 2.93. The zero-order valence-corrected chi connectivity index (χ0v) is 10.7. The predicted octanol–water partition coefficient (Wildman–Crippen LogP) is 2.71. The number of hydrazine groups is 1. The minimum atomic E-state index is 0.395. The normalized spacial score (nSPS) is 36.1. The van der Waals surface area contributed by atoms with Crippen molar-refractivity contribution in [2.75, 3.05) is 13.1 Å². The summed E-state index contributed by atoms with van der Waals surface area (Å²) < 4.78 is 0. The van der Waals surface area contributed by atoms with Gasteiger partial charge in [-0.05, 0) is 24.8 Å². The predicted molar refractivity (Wildman–Crippen MR) is 70.8 cm³/mol. The smallest absolute Gasteiger partial charge is 0.0313 e. The van der Waals surface area contributed by atoms with Crippen LogP contribution >= 0.6 is 0 Å². The van der Waals surface area contributed by atoms with E-state index >= 15 is 0 Å². The van der Waals surface area contributed by atoms with E-state index < -0.39 is 0 Å². The van der Waals surface area contributed by atoms with Gasteiger partial charge in [0.2, 0.25) is 0 Å². The van der Waals surface area contributed by atoms with Gasteiger partial charge < -0.3 is 0 Å².